The lowest BCUT2D eigenvalue weighted by molar-refractivity contribution is -0.0693. The third kappa shape index (κ3) is 3.21. The van der Waals surface area contributed by atoms with Gasteiger partial charge in [0.05, 0.1) is 0 Å². The Hall–Kier alpha value is -1.42. The van der Waals surface area contributed by atoms with Crippen molar-refractivity contribution in [1.29, 1.82) is 0 Å². The summed E-state index contributed by atoms with van der Waals surface area (Å²) in [6, 6.07) is 8.51. The molecule has 1 radical (unpaired) electrons. The number of para-hydroxylation sites is 1. The van der Waals surface area contributed by atoms with Gasteiger partial charge in [0.15, 0.2) is 6.86 Å². The molecule has 1 atom stereocenters. The van der Waals surface area contributed by atoms with E-state index in [4.69, 9.17) is 4.74 Å². The van der Waals surface area contributed by atoms with E-state index in [0.29, 0.717) is 5.75 Å². The SMILES string of the molecule is O=[C]C(OCF)Oc1ccccc1. The second-order valence-corrected chi connectivity index (χ2v) is 2.16. The average molecular weight is 183 g/mol. The van der Waals surface area contributed by atoms with Crippen molar-refractivity contribution in [3.8, 4) is 5.75 Å². The van der Waals surface area contributed by atoms with Crippen LogP contribution in [0.3, 0.4) is 0 Å². The molecule has 0 aliphatic heterocycles. The van der Waals surface area contributed by atoms with E-state index in [-0.39, 0.29) is 0 Å². The Morgan fingerprint density at radius 2 is 2.08 bits per heavy atom. The highest BCUT2D eigenvalue weighted by Crippen LogP contribution is 2.10. The molecule has 0 aromatic heterocycles. The maximum absolute atomic E-state index is 11.7. The summed E-state index contributed by atoms with van der Waals surface area (Å²) >= 11 is 0. The second kappa shape index (κ2) is 5.27. The van der Waals surface area contributed by atoms with E-state index in [0.717, 1.165) is 0 Å². The summed E-state index contributed by atoms with van der Waals surface area (Å²) in [6.07, 6.45) is 0.118. The monoisotopic (exact) mass is 183 g/mol. The zero-order valence-corrected chi connectivity index (χ0v) is 6.77. The molecule has 1 unspecified atom stereocenters. The van der Waals surface area contributed by atoms with Crippen LogP contribution in [0.4, 0.5) is 4.39 Å². The Morgan fingerprint density at radius 1 is 1.38 bits per heavy atom. The number of benzene rings is 1. The number of hydrogen-bond donors (Lipinski definition) is 0. The van der Waals surface area contributed by atoms with E-state index in [1.54, 1.807) is 30.3 Å². The number of hydrogen-bond acceptors (Lipinski definition) is 3. The smallest absolute Gasteiger partial charge is 0.273 e. The molecule has 0 fully saturated rings. The summed E-state index contributed by atoms with van der Waals surface area (Å²) in [4.78, 5) is 10.2. The van der Waals surface area contributed by atoms with Crippen LogP contribution in [0, 0.1) is 0 Å². The molecule has 69 valence electrons. The molecule has 1 rings (SSSR count). The third-order valence-corrected chi connectivity index (χ3v) is 1.30. The summed E-state index contributed by atoms with van der Waals surface area (Å²) in [5, 5.41) is 0. The Labute approximate surface area is 75.1 Å². The molecular formula is C9H8FO3. The zero-order chi connectivity index (χ0) is 9.52. The van der Waals surface area contributed by atoms with Crippen molar-refractivity contribution >= 4 is 6.29 Å². The topological polar surface area (TPSA) is 35.5 Å². The number of rotatable bonds is 5. The van der Waals surface area contributed by atoms with Crippen molar-refractivity contribution in [1.82, 2.24) is 0 Å². The van der Waals surface area contributed by atoms with E-state index in [9.17, 15) is 9.18 Å². The van der Waals surface area contributed by atoms with E-state index < -0.39 is 13.2 Å². The van der Waals surface area contributed by atoms with Crippen molar-refractivity contribution < 1.29 is 18.7 Å². The van der Waals surface area contributed by atoms with Crippen LogP contribution in [-0.2, 0) is 9.53 Å². The lowest BCUT2D eigenvalue weighted by atomic mass is 10.3. The van der Waals surface area contributed by atoms with Gasteiger partial charge in [0.1, 0.15) is 5.75 Å². The molecule has 4 heteroatoms. The average Bonchev–Trinajstić information content (AvgIpc) is 2.19. The fourth-order valence-corrected chi connectivity index (χ4v) is 0.772. The highest BCUT2D eigenvalue weighted by Gasteiger charge is 2.09. The predicted octanol–water partition coefficient (Wildman–Crippen LogP) is 1.44. The van der Waals surface area contributed by atoms with E-state index >= 15 is 0 Å². The van der Waals surface area contributed by atoms with E-state index in [1.165, 1.54) is 6.29 Å². The molecule has 0 aliphatic carbocycles. The van der Waals surface area contributed by atoms with Crippen molar-refractivity contribution in [2.24, 2.45) is 0 Å². The number of carbonyl (C=O) groups excluding carboxylic acids is 1. The fraction of sp³-hybridized carbons (Fsp3) is 0.222. The minimum absolute atomic E-state index is 0.435. The zero-order valence-electron chi connectivity index (χ0n) is 6.77. The van der Waals surface area contributed by atoms with Gasteiger partial charge in [-0.1, -0.05) is 18.2 Å². The summed E-state index contributed by atoms with van der Waals surface area (Å²) in [6.45, 7) is -1.08. The van der Waals surface area contributed by atoms with E-state index in [2.05, 4.69) is 4.74 Å². The van der Waals surface area contributed by atoms with Crippen molar-refractivity contribution in [3.63, 3.8) is 0 Å². The van der Waals surface area contributed by atoms with Crippen molar-refractivity contribution in [3.05, 3.63) is 30.3 Å². The number of alkyl halides is 1. The molecule has 0 saturated heterocycles. The van der Waals surface area contributed by atoms with E-state index in [1.807, 2.05) is 0 Å². The lowest BCUT2D eigenvalue weighted by Crippen LogP contribution is -2.21. The summed E-state index contributed by atoms with van der Waals surface area (Å²) in [5.41, 5.74) is 0. The maximum Gasteiger partial charge on any atom is 0.273 e. The molecule has 3 nitrogen and oxygen atoms in total. The van der Waals surface area contributed by atoms with Crippen LogP contribution in [-0.4, -0.2) is 19.4 Å². The first-order chi connectivity index (χ1) is 6.36. The van der Waals surface area contributed by atoms with Crippen LogP contribution in [0.15, 0.2) is 30.3 Å². The molecule has 1 aromatic carbocycles. The van der Waals surface area contributed by atoms with Gasteiger partial charge in [0.25, 0.3) is 12.6 Å². The fourth-order valence-electron chi connectivity index (χ4n) is 0.772. The van der Waals surface area contributed by atoms with Crippen LogP contribution >= 0.6 is 0 Å². The van der Waals surface area contributed by atoms with Crippen LogP contribution in [0.1, 0.15) is 0 Å². The number of halogens is 1. The normalized spacial score (nSPS) is 12.1. The van der Waals surface area contributed by atoms with Crippen LogP contribution in [0.2, 0.25) is 0 Å². The number of ether oxygens (including phenoxy) is 2. The molecule has 0 saturated carbocycles. The Kier molecular flexibility index (Phi) is 3.92. The van der Waals surface area contributed by atoms with Gasteiger partial charge in [-0.2, -0.15) is 0 Å². The Morgan fingerprint density at radius 3 is 2.62 bits per heavy atom. The molecule has 0 spiro atoms. The molecule has 1 aromatic rings. The Bertz CT molecular complexity index is 250. The van der Waals surface area contributed by atoms with Crippen molar-refractivity contribution in [2.75, 3.05) is 6.86 Å². The summed E-state index contributed by atoms with van der Waals surface area (Å²) in [5.74, 6) is 0.435. The van der Waals surface area contributed by atoms with Crippen LogP contribution in [0.5, 0.6) is 5.75 Å². The Balaban J connectivity index is 2.51. The minimum atomic E-state index is -1.30. The molecule has 0 heterocycles. The minimum Gasteiger partial charge on any atom is -0.457 e. The quantitative estimate of drug-likeness (QED) is 0.648. The maximum atomic E-state index is 11.7. The predicted molar refractivity (Wildman–Crippen MR) is 43.6 cm³/mol. The van der Waals surface area contributed by atoms with Gasteiger partial charge in [0, 0.05) is 0 Å². The molecule has 0 N–H and O–H groups in total. The molecular weight excluding hydrogens is 175 g/mol. The summed E-state index contributed by atoms with van der Waals surface area (Å²) in [7, 11) is 0. The molecule has 0 amide bonds. The molecule has 0 bridgehead atoms. The first-order valence-corrected chi connectivity index (χ1v) is 3.63. The highest BCUT2D eigenvalue weighted by molar-refractivity contribution is 5.55. The van der Waals surface area contributed by atoms with Gasteiger partial charge < -0.3 is 9.47 Å². The first-order valence-electron chi connectivity index (χ1n) is 3.63. The van der Waals surface area contributed by atoms with Crippen molar-refractivity contribution in [2.45, 2.75) is 6.29 Å². The second-order valence-electron chi connectivity index (χ2n) is 2.16. The van der Waals surface area contributed by atoms with Crippen LogP contribution < -0.4 is 4.74 Å². The first kappa shape index (κ1) is 9.67. The van der Waals surface area contributed by atoms with Gasteiger partial charge in [-0.25, -0.2) is 4.39 Å². The van der Waals surface area contributed by atoms with Gasteiger partial charge in [-0.3, -0.25) is 4.79 Å². The van der Waals surface area contributed by atoms with Gasteiger partial charge in [-0.05, 0) is 12.1 Å². The lowest BCUT2D eigenvalue weighted by Gasteiger charge is -2.10. The summed E-state index contributed by atoms with van der Waals surface area (Å²) < 4.78 is 20.9. The van der Waals surface area contributed by atoms with Gasteiger partial charge >= 0.3 is 0 Å². The van der Waals surface area contributed by atoms with Gasteiger partial charge in [-0.15, -0.1) is 0 Å². The highest BCUT2D eigenvalue weighted by atomic mass is 19.1. The van der Waals surface area contributed by atoms with Crippen LogP contribution in [0.25, 0.3) is 0 Å². The molecule has 0 aliphatic rings. The molecule has 13 heavy (non-hydrogen) atoms. The van der Waals surface area contributed by atoms with Gasteiger partial charge in [0.2, 0.25) is 0 Å². The largest absolute Gasteiger partial charge is 0.457 e. The standard InChI is InChI=1S/C9H8FO3/c10-7-12-9(6-11)13-8-4-2-1-3-5-8/h1-5,9H,7H2. The third-order valence-electron chi connectivity index (χ3n) is 1.30.